The van der Waals surface area contributed by atoms with E-state index in [0.717, 1.165) is 51.1 Å². The van der Waals surface area contributed by atoms with Gasteiger partial charge in [0.05, 0.1) is 12.7 Å². The Morgan fingerprint density at radius 1 is 0.692 bits per heavy atom. The van der Waals surface area contributed by atoms with Gasteiger partial charge in [0, 0.05) is 13.0 Å². The van der Waals surface area contributed by atoms with Crippen LogP contribution < -0.4 is 4.74 Å². The fraction of sp³-hybridized carbons (Fsp3) is 0.727. The Labute approximate surface area is 157 Å². The molecule has 1 aromatic carbocycles. The highest BCUT2D eigenvalue weighted by atomic mass is 16.7. The molecule has 2 unspecified atom stereocenters. The lowest BCUT2D eigenvalue weighted by Gasteiger charge is -2.33. The summed E-state index contributed by atoms with van der Waals surface area (Å²) in [5.74, 6) is 1.56. The molecule has 0 amide bonds. The van der Waals surface area contributed by atoms with Gasteiger partial charge in [-0.3, -0.25) is 0 Å². The first-order valence-electron chi connectivity index (χ1n) is 10.5. The molecule has 144 valence electrons. The zero-order valence-corrected chi connectivity index (χ0v) is 15.7. The Balaban J connectivity index is 1.23. The van der Waals surface area contributed by atoms with Crippen molar-refractivity contribution in [2.24, 2.45) is 0 Å². The lowest BCUT2D eigenvalue weighted by molar-refractivity contribution is -0.193. The summed E-state index contributed by atoms with van der Waals surface area (Å²) in [6.07, 6.45) is 11.8. The topological polar surface area (TPSA) is 36.9 Å². The van der Waals surface area contributed by atoms with E-state index in [1.807, 2.05) is 0 Å². The first kappa shape index (κ1) is 18.3. The van der Waals surface area contributed by atoms with Gasteiger partial charge in [-0.1, -0.05) is 12.1 Å². The van der Waals surface area contributed by atoms with Crippen LogP contribution in [0.3, 0.4) is 0 Å². The molecule has 4 heteroatoms. The molecule has 0 spiro atoms. The summed E-state index contributed by atoms with van der Waals surface area (Å²) in [5.41, 5.74) is 1.43. The van der Waals surface area contributed by atoms with Crippen LogP contribution >= 0.6 is 0 Å². The minimum Gasteiger partial charge on any atom is -0.465 e. The molecular weight excluding hydrogens is 328 g/mol. The molecule has 3 fully saturated rings. The van der Waals surface area contributed by atoms with Crippen molar-refractivity contribution in [2.75, 3.05) is 13.2 Å². The van der Waals surface area contributed by atoms with Crippen molar-refractivity contribution in [3.8, 4) is 5.75 Å². The van der Waals surface area contributed by atoms with Gasteiger partial charge in [-0.25, -0.2) is 0 Å². The maximum Gasteiger partial charge on any atom is 0.199 e. The van der Waals surface area contributed by atoms with Crippen LogP contribution in [0.15, 0.2) is 24.3 Å². The largest absolute Gasteiger partial charge is 0.465 e. The third-order valence-electron chi connectivity index (χ3n) is 5.91. The Kier molecular flexibility index (Phi) is 6.47. The molecule has 0 N–H and O–H groups in total. The summed E-state index contributed by atoms with van der Waals surface area (Å²) in [4.78, 5) is 0. The van der Waals surface area contributed by atoms with E-state index in [2.05, 4.69) is 24.3 Å². The predicted octanol–water partition coefficient (Wildman–Crippen LogP) is 5.16. The van der Waals surface area contributed by atoms with E-state index < -0.39 is 0 Å². The van der Waals surface area contributed by atoms with Gasteiger partial charge in [-0.05, 0) is 81.4 Å². The molecule has 3 aliphatic rings. The van der Waals surface area contributed by atoms with E-state index in [4.69, 9.17) is 18.9 Å². The number of ether oxygens (including phenoxy) is 4. The third kappa shape index (κ3) is 4.99. The summed E-state index contributed by atoms with van der Waals surface area (Å²) in [6, 6.07) is 8.67. The van der Waals surface area contributed by atoms with Crippen LogP contribution in [0.1, 0.15) is 75.7 Å². The molecule has 0 bridgehead atoms. The second kappa shape index (κ2) is 9.20. The van der Waals surface area contributed by atoms with Crippen molar-refractivity contribution in [1.29, 1.82) is 0 Å². The quantitative estimate of drug-likeness (QED) is 0.727. The van der Waals surface area contributed by atoms with Crippen LogP contribution in [0.5, 0.6) is 5.75 Å². The van der Waals surface area contributed by atoms with E-state index in [0.29, 0.717) is 12.0 Å². The van der Waals surface area contributed by atoms with E-state index in [1.54, 1.807) is 0 Å². The second-order valence-electron chi connectivity index (χ2n) is 7.89. The Morgan fingerprint density at radius 3 is 1.96 bits per heavy atom. The van der Waals surface area contributed by atoms with Crippen molar-refractivity contribution in [2.45, 2.75) is 88.8 Å². The van der Waals surface area contributed by atoms with Crippen molar-refractivity contribution < 1.29 is 18.9 Å². The molecule has 2 heterocycles. The van der Waals surface area contributed by atoms with Gasteiger partial charge in [-0.15, -0.1) is 0 Å². The highest BCUT2D eigenvalue weighted by Crippen LogP contribution is 2.35. The summed E-state index contributed by atoms with van der Waals surface area (Å²) in [7, 11) is 0. The molecule has 2 saturated heterocycles. The van der Waals surface area contributed by atoms with Gasteiger partial charge in [0.15, 0.2) is 12.6 Å². The Morgan fingerprint density at radius 2 is 1.35 bits per heavy atom. The van der Waals surface area contributed by atoms with Crippen molar-refractivity contribution in [3.63, 3.8) is 0 Å². The molecule has 1 saturated carbocycles. The molecule has 0 aromatic heterocycles. The summed E-state index contributed by atoms with van der Waals surface area (Å²) in [6.45, 7) is 1.68. The van der Waals surface area contributed by atoms with Crippen LogP contribution in [0.2, 0.25) is 0 Å². The van der Waals surface area contributed by atoms with Gasteiger partial charge >= 0.3 is 0 Å². The molecule has 2 atom stereocenters. The molecule has 0 radical (unpaired) electrons. The molecule has 4 rings (SSSR count). The summed E-state index contributed by atoms with van der Waals surface area (Å²) < 4.78 is 23.5. The Bertz CT molecular complexity index is 524. The molecule has 2 aliphatic heterocycles. The normalized spacial score (nSPS) is 32.9. The first-order valence-corrected chi connectivity index (χ1v) is 10.5. The minimum absolute atomic E-state index is 0.0451. The lowest BCUT2D eigenvalue weighted by atomic mass is 9.82. The van der Waals surface area contributed by atoms with E-state index in [-0.39, 0.29) is 12.6 Å². The van der Waals surface area contributed by atoms with Gasteiger partial charge in [0.2, 0.25) is 0 Å². The minimum atomic E-state index is -0.0656. The van der Waals surface area contributed by atoms with Gasteiger partial charge in [0.1, 0.15) is 5.75 Å². The highest BCUT2D eigenvalue weighted by Gasteiger charge is 2.26. The van der Waals surface area contributed by atoms with E-state index >= 15 is 0 Å². The maximum absolute atomic E-state index is 6.16. The van der Waals surface area contributed by atoms with E-state index in [9.17, 15) is 0 Å². The van der Waals surface area contributed by atoms with Gasteiger partial charge in [0.25, 0.3) is 0 Å². The van der Waals surface area contributed by atoms with Crippen molar-refractivity contribution in [1.82, 2.24) is 0 Å². The van der Waals surface area contributed by atoms with Gasteiger partial charge < -0.3 is 18.9 Å². The fourth-order valence-electron chi connectivity index (χ4n) is 4.34. The molecule has 4 nitrogen and oxygen atoms in total. The smallest absolute Gasteiger partial charge is 0.199 e. The number of benzene rings is 1. The maximum atomic E-state index is 6.16. The summed E-state index contributed by atoms with van der Waals surface area (Å²) in [5, 5.41) is 0. The lowest BCUT2D eigenvalue weighted by Crippen LogP contribution is -2.30. The SMILES string of the molecule is c1cc(C2CCC(OC3CCCCO3)CC2)ccc1OC1CCCCO1. The average Bonchev–Trinajstić information content (AvgIpc) is 2.71. The number of hydrogen-bond donors (Lipinski definition) is 0. The van der Waals surface area contributed by atoms with Crippen LogP contribution in [0, 0.1) is 0 Å². The number of hydrogen-bond acceptors (Lipinski definition) is 4. The molecule has 1 aliphatic carbocycles. The molecule has 26 heavy (non-hydrogen) atoms. The zero-order valence-electron chi connectivity index (χ0n) is 15.7. The average molecular weight is 360 g/mol. The van der Waals surface area contributed by atoms with E-state index in [1.165, 1.54) is 37.7 Å². The van der Waals surface area contributed by atoms with Gasteiger partial charge in [-0.2, -0.15) is 0 Å². The predicted molar refractivity (Wildman–Crippen MR) is 100 cm³/mol. The van der Waals surface area contributed by atoms with Crippen LogP contribution in [-0.4, -0.2) is 31.9 Å². The van der Waals surface area contributed by atoms with Crippen LogP contribution in [0.4, 0.5) is 0 Å². The van der Waals surface area contributed by atoms with Crippen LogP contribution in [0.25, 0.3) is 0 Å². The molecular formula is C22H32O4. The van der Waals surface area contributed by atoms with Crippen molar-refractivity contribution >= 4 is 0 Å². The third-order valence-corrected chi connectivity index (χ3v) is 5.91. The van der Waals surface area contributed by atoms with Crippen LogP contribution in [-0.2, 0) is 14.2 Å². The Hall–Kier alpha value is -1.10. The monoisotopic (exact) mass is 360 g/mol. The first-order chi connectivity index (χ1) is 12.9. The standard InChI is InChI=1S/C22H32O4/c1-3-15-23-21(5-1)25-19-11-7-17(8-12-19)18-9-13-20(14-10-18)26-22-6-2-4-16-24-22/h7-8,11-12,18,20-22H,1-6,9-10,13-16H2. The highest BCUT2D eigenvalue weighted by molar-refractivity contribution is 5.29. The summed E-state index contributed by atoms with van der Waals surface area (Å²) >= 11 is 0. The second-order valence-corrected chi connectivity index (χ2v) is 7.89. The number of rotatable bonds is 5. The molecule has 1 aromatic rings. The van der Waals surface area contributed by atoms with Crippen molar-refractivity contribution in [3.05, 3.63) is 29.8 Å². The zero-order chi connectivity index (χ0) is 17.6. The fourth-order valence-corrected chi connectivity index (χ4v) is 4.34.